The number of alkyl halides is 3. The molecule has 0 spiro atoms. The average molecular weight is 312 g/mol. The smallest absolute Gasteiger partial charge is 0.406 e. The number of nitrogens with two attached hydrogens (primary N) is 1. The van der Waals surface area contributed by atoms with Crippen molar-refractivity contribution in [2.45, 2.75) is 11.3 Å². The van der Waals surface area contributed by atoms with Crippen LogP contribution in [0.25, 0.3) is 0 Å². The first-order valence-electron chi connectivity index (χ1n) is 5.13. The fraction of sp³-hybridized carbons (Fsp3) is 0.300. The first-order valence-corrected chi connectivity index (χ1v) is 6.57. The summed E-state index contributed by atoms with van der Waals surface area (Å²) in [7, 11) is -2.87. The van der Waals surface area contributed by atoms with Crippen molar-refractivity contribution in [3.63, 3.8) is 0 Å². The quantitative estimate of drug-likeness (QED) is 0.866. The van der Waals surface area contributed by atoms with Crippen LogP contribution in [-0.4, -0.2) is 38.6 Å². The highest BCUT2D eigenvalue weighted by atomic mass is 32.2. The molecule has 0 aliphatic carbocycles. The summed E-state index contributed by atoms with van der Waals surface area (Å²) in [5, 5.41) is 0. The van der Waals surface area contributed by atoms with E-state index < -0.39 is 34.6 Å². The second-order valence-corrected chi connectivity index (χ2v) is 5.79. The van der Waals surface area contributed by atoms with E-state index in [1.165, 1.54) is 0 Å². The monoisotopic (exact) mass is 312 g/mol. The first kappa shape index (κ1) is 16.2. The molecular weight excluding hydrogens is 301 g/mol. The molecule has 0 atom stereocenters. The third-order valence-electron chi connectivity index (χ3n) is 2.14. The Balaban J connectivity index is 2.95. The molecule has 0 unspecified atom stereocenters. The van der Waals surface area contributed by atoms with E-state index in [4.69, 9.17) is 5.73 Å². The number of halogens is 3. The predicted octanol–water partition coefficient (Wildman–Crippen LogP) is 0.691. The second kappa shape index (κ2) is 5.67. The number of primary amides is 1. The fourth-order valence-electron chi connectivity index (χ4n) is 1.30. The fourth-order valence-corrected chi connectivity index (χ4v) is 2.43. The predicted molar refractivity (Wildman–Crippen MR) is 62.1 cm³/mol. The molecule has 1 aromatic rings. The lowest BCUT2D eigenvalue weighted by Gasteiger charge is -2.15. The number of ether oxygens (including phenoxy) is 1. The minimum Gasteiger partial charge on any atom is -0.406 e. The van der Waals surface area contributed by atoms with Gasteiger partial charge in [0.15, 0.2) is 0 Å². The Bertz CT molecular complexity index is 584. The minimum absolute atomic E-state index is 0.282. The van der Waals surface area contributed by atoms with E-state index in [0.717, 1.165) is 31.3 Å². The molecule has 1 amide bonds. The summed E-state index contributed by atoms with van der Waals surface area (Å²) in [4.78, 5) is 10.4. The second-order valence-electron chi connectivity index (χ2n) is 3.75. The highest BCUT2D eigenvalue weighted by Crippen LogP contribution is 2.24. The maximum absolute atomic E-state index is 11.9. The molecule has 0 fully saturated rings. The molecule has 2 N–H and O–H groups in total. The summed E-state index contributed by atoms with van der Waals surface area (Å²) in [5.41, 5.74) is 4.87. The maximum Gasteiger partial charge on any atom is 0.573 e. The number of rotatable bonds is 5. The van der Waals surface area contributed by atoms with Gasteiger partial charge in [-0.1, -0.05) is 0 Å². The van der Waals surface area contributed by atoms with Crippen LogP contribution in [0.5, 0.6) is 5.75 Å². The summed E-state index contributed by atoms with van der Waals surface area (Å²) >= 11 is 0. The Hall–Kier alpha value is -1.81. The lowest BCUT2D eigenvalue weighted by molar-refractivity contribution is -0.274. The van der Waals surface area contributed by atoms with Crippen LogP contribution >= 0.6 is 0 Å². The Morgan fingerprint density at radius 2 is 1.80 bits per heavy atom. The number of sulfonamides is 1. The molecule has 0 saturated carbocycles. The zero-order valence-electron chi connectivity index (χ0n) is 10.2. The van der Waals surface area contributed by atoms with Crippen molar-refractivity contribution in [2.75, 3.05) is 13.6 Å². The van der Waals surface area contributed by atoms with Gasteiger partial charge in [-0.3, -0.25) is 4.79 Å². The lowest BCUT2D eigenvalue weighted by Crippen LogP contribution is -2.35. The maximum atomic E-state index is 11.9. The number of carbonyl (C=O) groups is 1. The molecule has 0 saturated heterocycles. The highest BCUT2D eigenvalue weighted by molar-refractivity contribution is 7.89. The molecule has 0 aromatic heterocycles. The van der Waals surface area contributed by atoms with E-state index in [1.54, 1.807) is 0 Å². The van der Waals surface area contributed by atoms with E-state index in [1.807, 2.05) is 0 Å². The van der Waals surface area contributed by atoms with E-state index in [-0.39, 0.29) is 4.90 Å². The van der Waals surface area contributed by atoms with Crippen LogP contribution in [-0.2, 0) is 14.8 Å². The summed E-state index contributed by atoms with van der Waals surface area (Å²) in [6.45, 7) is -0.539. The van der Waals surface area contributed by atoms with Crippen molar-refractivity contribution in [1.29, 1.82) is 0 Å². The van der Waals surface area contributed by atoms with Gasteiger partial charge in [0.25, 0.3) is 0 Å². The Kier molecular flexibility index (Phi) is 4.61. The topological polar surface area (TPSA) is 89.7 Å². The van der Waals surface area contributed by atoms with Crippen molar-refractivity contribution in [1.82, 2.24) is 4.31 Å². The van der Waals surface area contributed by atoms with Gasteiger partial charge in [0.2, 0.25) is 15.9 Å². The summed E-state index contributed by atoms with van der Waals surface area (Å²) in [6, 6.07) is 3.60. The van der Waals surface area contributed by atoms with E-state index in [2.05, 4.69) is 4.74 Å². The number of carbonyl (C=O) groups excluding carboxylic acids is 1. The van der Waals surface area contributed by atoms with Gasteiger partial charge in [-0.25, -0.2) is 8.42 Å². The molecular formula is C10H11F3N2O4S. The van der Waals surface area contributed by atoms with Gasteiger partial charge < -0.3 is 10.5 Å². The number of likely N-dealkylation sites (N-methyl/N-ethyl adjacent to an activating group) is 1. The number of nitrogens with zero attached hydrogens (tertiary/aromatic N) is 1. The molecule has 0 aliphatic heterocycles. The molecule has 6 nitrogen and oxygen atoms in total. The van der Waals surface area contributed by atoms with Crippen LogP contribution in [0.4, 0.5) is 13.2 Å². The Labute approximate surface area is 113 Å². The molecule has 112 valence electrons. The third-order valence-corrected chi connectivity index (χ3v) is 3.96. The van der Waals surface area contributed by atoms with Crippen LogP contribution in [0.3, 0.4) is 0 Å². The lowest BCUT2D eigenvalue weighted by atomic mass is 10.3. The minimum atomic E-state index is -4.86. The van der Waals surface area contributed by atoms with Crippen molar-refractivity contribution >= 4 is 15.9 Å². The highest BCUT2D eigenvalue weighted by Gasteiger charge is 2.31. The number of amides is 1. The van der Waals surface area contributed by atoms with Crippen molar-refractivity contribution in [3.05, 3.63) is 24.3 Å². The van der Waals surface area contributed by atoms with Gasteiger partial charge in [-0.15, -0.1) is 13.2 Å². The van der Waals surface area contributed by atoms with Gasteiger partial charge in [0, 0.05) is 7.05 Å². The van der Waals surface area contributed by atoms with E-state index in [9.17, 15) is 26.4 Å². The van der Waals surface area contributed by atoms with Gasteiger partial charge in [-0.2, -0.15) is 4.31 Å². The van der Waals surface area contributed by atoms with Gasteiger partial charge in [0.1, 0.15) is 5.75 Å². The zero-order valence-corrected chi connectivity index (χ0v) is 11.0. The third kappa shape index (κ3) is 4.38. The molecule has 1 rings (SSSR count). The van der Waals surface area contributed by atoms with E-state index >= 15 is 0 Å². The number of benzene rings is 1. The summed E-state index contributed by atoms with van der Waals surface area (Å²) in [5.74, 6) is -1.40. The van der Waals surface area contributed by atoms with Crippen LogP contribution in [0.2, 0.25) is 0 Å². The molecule has 20 heavy (non-hydrogen) atoms. The molecule has 0 aliphatic rings. The standard InChI is InChI=1S/C10H11F3N2O4S/c1-15(6-9(14)16)20(17,18)8-4-2-7(3-5-8)19-10(11,12)13/h2-5H,6H2,1H3,(H2,14,16). The molecule has 1 aromatic carbocycles. The van der Waals surface area contributed by atoms with Crippen molar-refractivity contribution in [2.24, 2.45) is 5.73 Å². The van der Waals surface area contributed by atoms with Crippen molar-refractivity contribution in [3.8, 4) is 5.75 Å². The van der Waals surface area contributed by atoms with Gasteiger partial charge in [-0.05, 0) is 24.3 Å². The molecule has 0 heterocycles. The SMILES string of the molecule is CN(CC(N)=O)S(=O)(=O)c1ccc(OC(F)(F)F)cc1. The van der Waals surface area contributed by atoms with Crippen molar-refractivity contribution < 1.29 is 31.1 Å². The van der Waals surface area contributed by atoms with Crippen LogP contribution in [0.15, 0.2) is 29.2 Å². The summed E-state index contributed by atoms with van der Waals surface area (Å²) < 4.78 is 64.0. The average Bonchev–Trinajstić information content (AvgIpc) is 2.26. The van der Waals surface area contributed by atoms with E-state index in [0.29, 0.717) is 4.31 Å². The molecule has 10 heteroatoms. The largest absolute Gasteiger partial charge is 0.573 e. The Morgan fingerprint density at radius 3 is 2.20 bits per heavy atom. The van der Waals surface area contributed by atoms with Crippen LogP contribution < -0.4 is 10.5 Å². The molecule has 0 bridgehead atoms. The zero-order chi connectivity index (χ0) is 15.6. The Morgan fingerprint density at radius 1 is 1.30 bits per heavy atom. The van der Waals surface area contributed by atoms with Crippen LogP contribution in [0.1, 0.15) is 0 Å². The number of hydrogen-bond donors (Lipinski definition) is 1. The normalized spacial score (nSPS) is 12.4. The van der Waals surface area contributed by atoms with Crippen LogP contribution in [0, 0.1) is 0 Å². The van der Waals surface area contributed by atoms with Gasteiger partial charge in [0.05, 0.1) is 11.4 Å². The summed E-state index contributed by atoms with van der Waals surface area (Å²) in [6.07, 6.45) is -4.86. The van der Waals surface area contributed by atoms with Gasteiger partial charge >= 0.3 is 6.36 Å². The molecule has 0 radical (unpaired) electrons. The first-order chi connectivity index (χ1) is 9.02. The number of hydrogen-bond acceptors (Lipinski definition) is 4.